The fraction of sp³-hybridized carbons (Fsp3) is 0.286. The summed E-state index contributed by atoms with van der Waals surface area (Å²) in [7, 11) is 1.74. The van der Waals surface area contributed by atoms with E-state index in [-0.39, 0.29) is 5.56 Å². The van der Waals surface area contributed by atoms with E-state index < -0.39 is 0 Å². The molecule has 0 saturated heterocycles. The molecule has 0 saturated carbocycles. The van der Waals surface area contributed by atoms with Crippen molar-refractivity contribution < 1.29 is 0 Å². The van der Waals surface area contributed by atoms with Crippen LogP contribution in [0.15, 0.2) is 59.4 Å². The normalized spacial score (nSPS) is 11.9. The molecule has 4 rings (SSSR count). The Hall–Kier alpha value is -2.99. The van der Waals surface area contributed by atoms with E-state index in [1.54, 1.807) is 11.6 Å². The zero-order valence-electron chi connectivity index (χ0n) is 15.8. The second-order valence-corrected chi connectivity index (χ2v) is 7.12. The van der Waals surface area contributed by atoms with Gasteiger partial charge in [0.15, 0.2) is 5.82 Å². The number of aromatic nitrogens is 4. The second kappa shape index (κ2) is 6.96. The Labute approximate surface area is 157 Å². The van der Waals surface area contributed by atoms with E-state index in [1.165, 1.54) is 5.56 Å². The molecule has 6 heteroatoms. The Kier molecular flexibility index (Phi) is 4.49. The van der Waals surface area contributed by atoms with Gasteiger partial charge in [0.05, 0.1) is 17.4 Å². The first-order chi connectivity index (χ1) is 13.1. The summed E-state index contributed by atoms with van der Waals surface area (Å²) in [6.07, 6.45) is 0. The summed E-state index contributed by atoms with van der Waals surface area (Å²) in [6.45, 7) is 5.84. The molecule has 0 aliphatic heterocycles. The van der Waals surface area contributed by atoms with Crippen LogP contribution in [0.25, 0.3) is 16.7 Å². The van der Waals surface area contributed by atoms with Crippen molar-refractivity contribution >= 4 is 16.7 Å². The first-order valence-corrected chi connectivity index (χ1v) is 9.16. The SMILES string of the molecule is CC(C)N(Cc1ccccc1)Cc1nnc2n(C)c(=O)c3ccccc3n12. The molecule has 0 aliphatic rings. The molecule has 0 aliphatic carbocycles. The van der Waals surface area contributed by atoms with Gasteiger partial charge in [-0.25, -0.2) is 0 Å². The van der Waals surface area contributed by atoms with Gasteiger partial charge in [-0.3, -0.25) is 18.7 Å². The third-order valence-electron chi connectivity index (χ3n) is 5.00. The van der Waals surface area contributed by atoms with Crippen LogP contribution in [0.5, 0.6) is 0 Å². The van der Waals surface area contributed by atoms with Crippen molar-refractivity contribution in [2.75, 3.05) is 0 Å². The minimum atomic E-state index is -0.0537. The van der Waals surface area contributed by atoms with E-state index in [1.807, 2.05) is 34.7 Å². The van der Waals surface area contributed by atoms with Crippen LogP contribution in [0.1, 0.15) is 25.2 Å². The fourth-order valence-corrected chi connectivity index (χ4v) is 3.42. The molecule has 2 heterocycles. The molecule has 0 fully saturated rings. The molecule has 0 unspecified atom stereocenters. The van der Waals surface area contributed by atoms with Crippen molar-refractivity contribution in [3.05, 3.63) is 76.3 Å². The zero-order chi connectivity index (χ0) is 19.0. The van der Waals surface area contributed by atoms with Crippen LogP contribution in [0.3, 0.4) is 0 Å². The minimum absolute atomic E-state index is 0.0537. The zero-order valence-corrected chi connectivity index (χ0v) is 15.8. The summed E-state index contributed by atoms with van der Waals surface area (Å²) in [5.41, 5.74) is 2.05. The smallest absolute Gasteiger partial charge is 0.262 e. The van der Waals surface area contributed by atoms with Gasteiger partial charge < -0.3 is 0 Å². The highest BCUT2D eigenvalue weighted by Crippen LogP contribution is 2.17. The third kappa shape index (κ3) is 3.13. The Morgan fingerprint density at radius 3 is 2.41 bits per heavy atom. The lowest BCUT2D eigenvalue weighted by atomic mass is 10.2. The Morgan fingerprint density at radius 1 is 0.963 bits per heavy atom. The van der Waals surface area contributed by atoms with Gasteiger partial charge in [-0.1, -0.05) is 42.5 Å². The largest absolute Gasteiger partial charge is 0.289 e. The second-order valence-electron chi connectivity index (χ2n) is 7.12. The maximum Gasteiger partial charge on any atom is 0.262 e. The van der Waals surface area contributed by atoms with Crippen LogP contribution in [0.2, 0.25) is 0 Å². The molecule has 4 aromatic rings. The molecule has 0 N–H and O–H groups in total. The average molecular weight is 361 g/mol. The molecule has 27 heavy (non-hydrogen) atoms. The summed E-state index contributed by atoms with van der Waals surface area (Å²) in [4.78, 5) is 14.9. The number of aryl methyl sites for hydroxylation is 1. The van der Waals surface area contributed by atoms with Gasteiger partial charge in [0.1, 0.15) is 0 Å². The molecule has 2 aromatic carbocycles. The van der Waals surface area contributed by atoms with Gasteiger partial charge in [0, 0.05) is 19.6 Å². The highest BCUT2D eigenvalue weighted by atomic mass is 16.1. The summed E-state index contributed by atoms with van der Waals surface area (Å²) in [6, 6.07) is 18.4. The Morgan fingerprint density at radius 2 is 1.67 bits per heavy atom. The number of para-hydroxylation sites is 1. The predicted octanol–water partition coefficient (Wildman–Crippen LogP) is 2.99. The molecule has 6 nitrogen and oxygen atoms in total. The van der Waals surface area contributed by atoms with Crippen molar-refractivity contribution in [3.63, 3.8) is 0 Å². The number of hydrogen-bond acceptors (Lipinski definition) is 4. The van der Waals surface area contributed by atoms with Crippen LogP contribution in [0, 0.1) is 0 Å². The topological polar surface area (TPSA) is 55.4 Å². The van der Waals surface area contributed by atoms with Crippen LogP contribution in [-0.4, -0.2) is 30.1 Å². The van der Waals surface area contributed by atoms with E-state index in [0.29, 0.717) is 23.8 Å². The van der Waals surface area contributed by atoms with Crippen LogP contribution in [-0.2, 0) is 20.1 Å². The minimum Gasteiger partial charge on any atom is -0.289 e. The van der Waals surface area contributed by atoms with E-state index in [9.17, 15) is 4.79 Å². The van der Waals surface area contributed by atoms with Crippen LogP contribution in [0.4, 0.5) is 0 Å². The number of rotatable bonds is 5. The lowest BCUT2D eigenvalue weighted by molar-refractivity contribution is 0.198. The highest BCUT2D eigenvalue weighted by molar-refractivity contribution is 5.80. The van der Waals surface area contributed by atoms with Crippen LogP contribution < -0.4 is 5.56 Å². The van der Waals surface area contributed by atoms with Gasteiger partial charge >= 0.3 is 0 Å². The van der Waals surface area contributed by atoms with Gasteiger partial charge in [-0.2, -0.15) is 0 Å². The standard InChI is InChI=1S/C21H23N5O/c1-15(2)25(13-16-9-5-4-6-10-16)14-19-22-23-21-24(3)20(27)17-11-7-8-12-18(17)26(19)21/h4-12,15H,13-14H2,1-3H3. The molecule has 2 aromatic heterocycles. The number of nitrogens with zero attached hydrogens (tertiary/aromatic N) is 5. The summed E-state index contributed by atoms with van der Waals surface area (Å²) in [5, 5.41) is 9.39. The molecular formula is C21H23N5O. The van der Waals surface area contributed by atoms with Gasteiger partial charge in [-0.05, 0) is 31.5 Å². The molecule has 0 bridgehead atoms. The van der Waals surface area contributed by atoms with Gasteiger partial charge in [0.2, 0.25) is 5.78 Å². The van der Waals surface area contributed by atoms with Crippen molar-refractivity contribution in [2.45, 2.75) is 33.0 Å². The average Bonchev–Trinajstić information content (AvgIpc) is 3.10. The Balaban J connectivity index is 1.80. The lowest BCUT2D eigenvalue weighted by Gasteiger charge is -2.25. The number of benzene rings is 2. The first kappa shape index (κ1) is 17.4. The molecule has 0 radical (unpaired) electrons. The third-order valence-corrected chi connectivity index (χ3v) is 5.00. The summed E-state index contributed by atoms with van der Waals surface area (Å²) < 4.78 is 3.56. The van der Waals surface area contributed by atoms with E-state index >= 15 is 0 Å². The van der Waals surface area contributed by atoms with Crippen molar-refractivity contribution in [2.24, 2.45) is 7.05 Å². The van der Waals surface area contributed by atoms with E-state index in [2.05, 4.69) is 53.2 Å². The number of fused-ring (bicyclic) bond motifs is 3. The lowest BCUT2D eigenvalue weighted by Crippen LogP contribution is -2.31. The monoisotopic (exact) mass is 361 g/mol. The maximum atomic E-state index is 12.6. The number of hydrogen-bond donors (Lipinski definition) is 0. The van der Waals surface area contributed by atoms with E-state index in [0.717, 1.165) is 17.9 Å². The van der Waals surface area contributed by atoms with Crippen molar-refractivity contribution in [1.82, 2.24) is 24.1 Å². The summed E-state index contributed by atoms with van der Waals surface area (Å²) >= 11 is 0. The maximum absolute atomic E-state index is 12.6. The molecule has 0 atom stereocenters. The molecule has 138 valence electrons. The molecular weight excluding hydrogens is 338 g/mol. The molecule has 0 amide bonds. The van der Waals surface area contributed by atoms with E-state index in [4.69, 9.17) is 0 Å². The van der Waals surface area contributed by atoms with Crippen LogP contribution >= 0.6 is 0 Å². The highest BCUT2D eigenvalue weighted by Gasteiger charge is 2.18. The molecule has 0 spiro atoms. The van der Waals surface area contributed by atoms with Crippen molar-refractivity contribution in [3.8, 4) is 0 Å². The van der Waals surface area contributed by atoms with Gasteiger partial charge in [0.25, 0.3) is 5.56 Å². The fourth-order valence-electron chi connectivity index (χ4n) is 3.42. The quantitative estimate of drug-likeness (QED) is 0.548. The first-order valence-electron chi connectivity index (χ1n) is 9.16. The van der Waals surface area contributed by atoms with Crippen molar-refractivity contribution in [1.29, 1.82) is 0 Å². The Bertz CT molecular complexity index is 1140. The predicted molar refractivity (Wildman–Crippen MR) is 107 cm³/mol. The van der Waals surface area contributed by atoms with Gasteiger partial charge in [-0.15, -0.1) is 10.2 Å². The summed E-state index contributed by atoms with van der Waals surface area (Å²) in [5.74, 6) is 1.40.